The Labute approximate surface area is 157 Å². The average Bonchev–Trinajstić information content (AvgIpc) is 2.61. The van der Waals surface area contributed by atoms with Crippen molar-refractivity contribution in [2.24, 2.45) is 0 Å². The zero-order chi connectivity index (χ0) is 19.8. The third-order valence-corrected chi connectivity index (χ3v) is 3.98. The number of benzene rings is 2. The van der Waals surface area contributed by atoms with Crippen LogP contribution in [0.4, 0.5) is 14.5 Å². The first kappa shape index (κ1) is 20.6. The van der Waals surface area contributed by atoms with E-state index in [2.05, 4.69) is 10.1 Å². The highest BCUT2D eigenvalue weighted by atomic mass is 19.3. The van der Waals surface area contributed by atoms with Gasteiger partial charge in [-0.25, -0.2) is 0 Å². The zero-order valence-corrected chi connectivity index (χ0v) is 15.7. The van der Waals surface area contributed by atoms with Gasteiger partial charge in [0.1, 0.15) is 0 Å². The van der Waals surface area contributed by atoms with Crippen LogP contribution in [0.3, 0.4) is 0 Å². The van der Waals surface area contributed by atoms with E-state index in [0.717, 1.165) is 23.2 Å². The van der Waals surface area contributed by atoms with Gasteiger partial charge in [-0.3, -0.25) is 9.69 Å². The minimum atomic E-state index is -2.93. The first-order valence-corrected chi connectivity index (χ1v) is 8.61. The topological polar surface area (TPSA) is 50.8 Å². The minimum Gasteiger partial charge on any atom is -0.493 e. The molecule has 0 unspecified atom stereocenters. The van der Waals surface area contributed by atoms with Gasteiger partial charge in [0.25, 0.3) is 0 Å². The molecule has 2 rings (SSSR count). The lowest BCUT2D eigenvalue weighted by molar-refractivity contribution is -0.117. The summed E-state index contributed by atoms with van der Waals surface area (Å²) in [5.74, 6) is 0.0614. The SMILES string of the molecule is CCc1ccccc1NC(=O)CN(C)Cc1ccc(OC)c(OC(F)F)c1. The fraction of sp³-hybridized carbons (Fsp3) is 0.350. The van der Waals surface area contributed by atoms with Gasteiger partial charge in [-0.2, -0.15) is 8.78 Å². The number of methoxy groups -OCH3 is 1. The molecule has 5 nitrogen and oxygen atoms in total. The van der Waals surface area contributed by atoms with E-state index in [9.17, 15) is 13.6 Å². The summed E-state index contributed by atoms with van der Waals surface area (Å²) in [5.41, 5.74) is 2.60. The molecular formula is C20H24F2N2O3. The molecule has 0 heterocycles. The van der Waals surface area contributed by atoms with E-state index in [4.69, 9.17) is 4.74 Å². The molecule has 0 bridgehead atoms. The summed E-state index contributed by atoms with van der Waals surface area (Å²) in [5, 5.41) is 2.91. The maximum atomic E-state index is 12.5. The van der Waals surface area contributed by atoms with Crippen LogP contribution in [-0.4, -0.2) is 38.1 Å². The number of rotatable bonds is 9. The van der Waals surface area contributed by atoms with Crippen molar-refractivity contribution in [3.8, 4) is 11.5 Å². The quantitative estimate of drug-likeness (QED) is 0.718. The molecule has 0 spiro atoms. The van der Waals surface area contributed by atoms with Gasteiger partial charge in [-0.05, 0) is 42.8 Å². The van der Waals surface area contributed by atoms with Gasteiger partial charge in [-0.1, -0.05) is 31.2 Å². The summed E-state index contributed by atoms with van der Waals surface area (Å²) in [6.45, 7) is -0.349. The number of carbonyl (C=O) groups excluding carboxylic acids is 1. The van der Waals surface area contributed by atoms with Crippen molar-refractivity contribution < 1.29 is 23.0 Å². The van der Waals surface area contributed by atoms with Crippen LogP contribution in [0.2, 0.25) is 0 Å². The van der Waals surface area contributed by atoms with Crippen molar-refractivity contribution in [2.75, 3.05) is 26.0 Å². The highest BCUT2D eigenvalue weighted by molar-refractivity contribution is 5.92. The summed E-state index contributed by atoms with van der Waals surface area (Å²) in [6, 6.07) is 12.5. The molecule has 7 heteroatoms. The zero-order valence-electron chi connectivity index (χ0n) is 15.7. The molecule has 0 atom stereocenters. The number of nitrogens with one attached hydrogen (secondary N) is 1. The number of halogens is 2. The molecule has 0 saturated carbocycles. The van der Waals surface area contributed by atoms with E-state index in [1.807, 2.05) is 31.2 Å². The van der Waals surface area contributed by atoms with Gasteiger partial charge in [0.2, 0.25) is 5.91 Å². The van der Waals surface area contributed by atoms with Crippen molar-refractivity contribution in [2.45, 2.75) is 26.5 Å². The summed E-state index contributed by atoms with van der Waals surface area (Å²) in [6.07, 6.45) is 0.824. The minimum absolute atomic E-state index is 0.0280. The van der Waals surface area contributed by atoms with Crippen LogP contribution in [0.15, 0.2) is 42.5 Å². The molecule has 0 aliphatic rings. The Balaban J connectivity index is 1.98. The maximum absolute atomic E-state index is 12.5. The predicted octanol–water partition coefficient (Wildman–Crippen LogP) is 3.93. The van der Waals surface area contributed by atoms with E-state index in [1.54, 1.807) is 24.1 Å². The lowest BCUT2D eigenvalue weighted by Crippen LogP contribution is -2.30. The fourth-order valence-electron chi connectivity index (χ4n) is 2.76. The summed E-state index contributed by atoms with van der Waals surface area (Å²) in [4.78, 5) is 14.1. The number of hydrogen-bond donors (Lipinski definition) is 1. The molecule has 27 heavy (non-hydrogen) atoms. The number of anilines is 1. The van der Waals surface area contributed by atoms with Gasteiger partial charge < -0.3 is 14.8 Å². The number of nitrogens with zero attached hydrogens (tertiary/aromatic N) is 1. The molecule has 0 radical (unpaired) electrons. The van der Waals surface area contributed by atoms with Crippen molar-refractivity contribution in [1.29, 1.82) is 0 Å². The van der Waals surface area contributed by atoms with Gasteiger partial charge >= 0.3 is 6.61 Å². The number of alkyl halides is 2. The van der Waals surface area contributed by atoms with Crippen LogP contribution in [-0.2, 0) is 17.8 Å². The van der Waals surface area contributed by atoms with E-state index in [0.29, 0.717) is 6.54 Å². The second kappa shape index (κ2) is 9.87. The second-order valence-electron chi connectivity index (χ2n) is 6.09. The summed E-state index contributed by atoms with van der Waals surface area (Å²) in [7, 11) is 3.17. The van der Waals surface area contributed by atoms with Crippen LogP contribution >= 0.6 is 0 Å². The van der Waals surface area contributed by atoms with Crippen LogP contribution in [0.1, 0.15) is 18.1 Å². The Morgan fingerprint density at radius 2 is 1.93 bits per heavy atom. The van der Waals surface area contributed by atoms with E-state index < -0.39 is 6.61 Å². The molecule has 146 valence electrons. The number of aryl methyl sites for hydroxylation is 1. The number of para-hydroxylation sites is 1. The van der Waals surface area contributed by atoms with Crippen LogP contribution in [0.25, 0.3) is 0 Å². The molecule has 0 aliphatic carbocycles. The van der Waals surface area contributed by atoms with Crippen molar-refractivity contribution in [3.05, 3.63) is 53.6 Å². The van der Waals surface area contributed by atoms with Crippen LogP contribution in [0, 0.1) is 0 Å². The molecule has 1 N–H and O–H groups in total. The number of amides is 1. The lowest BCUT2D eigenvalue weighted by atomic mass is 10.1. The number of carbonyl (C=O) groups is 1. The Bertz CT molecular complexity index is 769. The first-order valence-electron chi connectivity index (χ1n) is 8.61. The normalized spacial score (nSPS) is 10.9. The van der Waals surface area contributed by atoms with Gasteiger partial charge in [0.05, 0.1) is 13.7 Å². The summed E-state index contributed by atoms with van der Waals surface area (Å²) < 4.78 is 34.6. The Hall–Kier alpha value is -2.67. The molecule has 0 aromatic heterocycles. The first-order chi connectivity index (χ1) is 12.9. The Morgan fingerprint density at radius 1 is 1.19 bits per heavy atom. The summed E-state index contributed by atoms with van der Waals surface area (Å²) >= 11 is 0. The fourth-order valence-corrected chi connectivity index (χ4v) is 2.76. The highest BCUT2D eigenvalue weighted by Gasteiger charge is 2.13. The van der Waals surface area contributed by atoms with Gasteiger partial charge in [0.15, 0.2) is 11.5 Å². The molecule has 0 saturated heterocycles. The van der Waals surface area contributed by atoms with E-state index >= 15 is 0 Å². The molecule has 0 aliphatic heterocycles. The maximum Gasteiger partial charge on any atom is 0.387 e. The van der Waals surface area contributed by atoms with E-state index in [1.165, 1.54) is 13.2 Å². The van der Waals surface area contributed by atoms with Gasteiger partial charge in [-0.15, -0.1) is 0 Å². The molecule has 1 amide bonds. The molecule has 2 aromatic rings. The molecular weight excluding hydrogens is 354 g/mol. The number of hydrogen-bond acceptors (Lipinski definition) is 4. The Morgan fingerprint density at radius 3 is 2.59 bits per heavy atom. The van der Waals surface area contributed by atoms with Crippen molar-refractivity contribution in [3.63, 3.8) is 0 Å². The van der Waals surface area contributed by atoms with Crippen molar-refractivity contribution >= 4 is 11.6 Å². The van der Waals surface area contributed by atoms with Crippen molar-refractivity contribution in [1.82, 2.24) is 4.90 Å². The van der Waals surface area contributed by atoms with Crippen LogP contribution < -0.4 is 14.8 Å². The largest absolute Gasteiger partial charge is 0.493 e. The standard InChI is InChI=1S/C20H24F2N2O3/c1-4-15-7-5-6-8-16(15)23-19(25)13-24(2)12-14-9-10-17(26-3)18(11-14)27-20(21)22/h5-11,20H,4,12-13H2,1-3H3,(H,23,25). The monoisotopic (exact) mass is 378 g/mol. The van der Waals surface area contributed by atoms with Crippen LogP contribution in [0.5, 0.6) is 11.5 Å². The molecule has 2 aromatic carbocycles. The molecule has 0 fully saturated rings. The smallest absolute Gasteiger partial charge is 0.387 e. The Kier molecular flexibility index (Phi) is 7.55. The number of likely N-dealkylation sites (N-methyl/N-ethyl adjacent to an activating group) is 1. The third kappa shape index (κ3) is 6.21. The highest BCUT2D eigenvalue weighted by Crippen LogP contribution is 2.29. The third-order valence-electron chi connectivity index (χ3n) is 3.98. The lowest BCUT2D eigenvalue weighted by Gasteiger charge is -2.18. The van der Waals surface area contributed by atoms with Gasteiger partial charge in [0, 0.05) is 12.2 Å². The van der Waals surface area contributed by atoms with E-state index in [-0.39, 0.29) is 24.0 Å². The predicted molar refractivity (Wildman–Crippen MR) is 100 cm³/mol. The second-order valence-corrected chi connectivity index (χ2v) is 6.09. The number of ether oxygens (including phenoxy) is 2. The average molecular weight is 378 g/mol.